The maximum atomic E-state index is 5.98. The van der Waals surface area contributed by atoms with Crippen molar-refractivity contribution in [2.24, 2.45) is 0 Å². The summed E-state index contributed by atoms with van der Waals surface area (Å²) in [4.78, 5) is 0. The lowest BCUT2D eigenvalue weighted by atomic mass is 10.2. The van der Waals surface area contributed by atoms with Crippen LogP contribution in [-0.2, 0) is 9.47 Å². The van der Waals surface area contributed by atoms with Gasteiger partial charge in [-0.1, -0.05) is 6.92 Å². The van der Waals surface area contributed by atoms with Gasteiger partial charge >= 0.3 is 0 Å². The maximum Gasteiger partial charge on any atom is 0.0700 e. The first-order valence-electron chi connectivity index (χ1n) is 5.72. The van der Waals surface area contributed by atoms with Gasteiger partial charge < -0.3 is 14.8 Å². The van der Waals surface area contributed by atoms with Crippen LogP contribution < -0.4 is 5.32 Å². The maximum absolute atomic E-state index is 5.98. The molecule has 92 valence electrons. The Labute approximate surface area is 98.5 Å². The summed E-state index contributed by atoms with van der Waals surface area (Å²) >= 11 is 5.98. The first kappa shape index (κ1) is 15.2. The van der Waals surface area contributed by atoms with E-state index in [4.69, 9.17) is 21.1 Å². The third kappa shape index (κ3) is 12.1. The lowest BCUT2D eigenvalue weighted by Crippen LogP contribution is -2.20. The average Bonchev–Trinajstić information content (AvgIpc) is 2.26. The van der Waals surface area contributed by atoms with Gasteiger partial charge in [-0.05, 0) is 32.4 Å². The van der Waals surface area contributed by atoms with Gasteiger partial charge in [0.05, 0.1) is 13.2 Å². The molecule has 0 aromatic rings. The molecule has 0 spiro atoms. The van der Waals surface area contributed by atoms with Gasteiger partial charge in [-0.3, -0.25) is 0 Å². The predicted molar refractivity (Wildman–Crippen MR) is 64.7 cm³/mol. The van der Waals surface area contributed by atoms with Gasteiger partial charge in [0, 0.05) is 19.1 Å². The SMILES string of the molecule is CCC(Cl)CCNCCCOCCOC. The van der Waals surface area contributed by atoms with Gasteiger partial charge in [-0.25, -0.2) is 0 Å². The molecular formula is C11H24ClNO2. The fourth-order valence-corrected chi connectivity index (χ4v) is 1.24. The molecule has 0 aliphatic rings. The van der Waals surface area contributed by atoms with Crippen molar-refractivity contribution < 1.29 is 9.47 Å². The summed E-state index contributed by atoms with van der Waals surface area (Å²) in [6, 6.07) is 0. The standard InChI is InChI=1S/C11H24ClNO2/c1-3-11(12)5-7-13-6-4-8-15-10-9-14-2/h11,13H,3-10H2,1-2H3. The lowest BCUT2D eigenvalue weighted by Gasteiger charge is -2.08. The quantitative estimate of drug-likeness (QED) is 0.441. The van der Waals surface area contributed by atoms with Crippen molar-refractivity contribution in [3.8, 4) is 0 Å². The monoisotopic (exact) mass is 237 g/mol. The molecule has 0 radical (unpaired) electrons. The molecule has 3 nitrogen and oxygen atoms in total. The summed E-state index contributed by atoms with van der Waals surface area (Å²) in [6.07, 6.45) is 3.13. The number of rotatable bonds is 11. The first-order chi connectivity index (χ1) is 7.31. The van der Waals surface area contributed by atoms with Crippen LogP contribution in [0.5, 0.6) is 0 Å². The Morgan fingerprint density at radius 2 is 2.00 bits per heavy atom. The van der Waals surface area contributed by atoms with Gasteiger partial charge in [0.15, 0.2) is 0 Å². The minimum atomic E-state index is 0.315. The van der Waals surface area contributed by atoms with Gasteiger partial charge in [0.1, 0.15) is 0 Å². The molecular weight excluding hydrogens is 214 g/mol. The molecule has 1 unspecified atom stereocenters. The number of halogens is 1. The fraction of sp³-hybridized carbons (Fsp3) is 1.00. The van der Waals surface area contributed by atoms with E-state index >= 15 is 0 Å². The van der Waals surface area contributed by atoms with Crippen LogP contribution in [0.25, 0.3) is 0 Å². The van der Waals surface area contributed by atoms with E-state index in [1.54, 1.807) is 7.11 Å². The summed E-state index contributed by atoms with van der Waals surface area (Å²) in [5, 5.41) is 3.66. The Morgan fingerprint density at radius 1 is 1.20 bits per heavy atom. The summed E-state index contributed by atoms with van der Waals surface area (Å²) in [7, 11) is 1.68. The van der Waals surface area contributed by atoms with E-state index in [2.05, 4.69) is 12.2 Å². The summed E-state index contributed by atoms with van der Waals surface area (Å²) in [6.45, 7) is 6.28. The van der Waals surface area contributed by atoms with E-state index in [-0.39, 0.29) is 0 Å². The van der Waals surface area contributed by atoms with Crippen LogP contribution in [0, 0.1) is 0 Å². The Kier molecular flexibility index (Phi) is 12.4. The minimum absolute atomic E-state index is 0.315. The summed E-state index contributed by atoms with van der Waals surface area (Å²) < 4.78 is 10.2. The van der Waals surface area contributed by atoms with E-state index in [1.165, 1.54) is 0 Å². The molecule has 0 aliphatic heterocycles. The van der Waals surface area contributed by atoms with Crippen LogP contribution in [0.4, 0.5) is 0 Å². The zero-order valence-electron chi connectivity index (χ0n) is 9.93. The van der Waals surface area contributed by atoms with E-state index in [0.717, 1.165) is 39.0 Å². The molecule has 0 saturated heterocycles. The van der Waals surface area contributed by atoms with Crippen molar-refractivity contribution >= 4 is 11.6 Å². The predicted octanol–water partition coefficient (Wildman–Crippen LogP) is 2.04. The third-order valence-electron chi connectivity index (χ3n) is 2.15. The first-order valence-corrected chi connectivity index (χ1v) is 6.16. The van der Waals surface area contributed by atoms with Gasteiger partial charge in [0.2, 0.25) is 0 Å². The van der Waals surface area contributed by atoms with Crippen molar-refractivity contribution in [3.63, 3.8) is 0 Å². The van der Waals surface area contributed by atoms with Crippen LogP contribution in [0.3, 0.4) is 0 Å². The highest BCUT2D eigenvalue weighted by Crippen LogP contribution is 2.04. The van der Waals surface area contributed by atoms with E-state index in [1.807, 2.05) is 0 Å². The second kappa shape index (κ2) is 12.2. The van der Waals surface area contributed by atoms with Crippen LogP contribution in [-0.4, -0.2) is 45.4 Å². The molecule has 0 fully saturated rings. The molecule has 0 bridgehead atoms. The summed E-state index contributed by atoms with van der Waals surface area (Å²) in [5.41, 5.74) is 0. The molecule has 0 saturated carbocycles. The van der Waals surface area contributed by atoms with Crippen molar-refractivity contribution in [1.82, 2.24) is 5.32 Å². The number of methoxy groups -OCH3 is 1. The second-order valence-electron chi connectivity index (χ2n) is 3.50. The van der Waals surface area contributed by atoms with Crippen molar-refractivity contribution in [2.75, 3.05) is 40.0 Å². The minimum Gasteiger partial charge on any atom is -0.382 e. The summed E-state index contributed by atoms with van der Waals surface area (Å²) in [5.74, 6) is 0. The highest BCUT2D eigenvalue weighted by Gasteiger charge is 1.99. The third-order valence-corrected chi connectivity index (χ3v) is 2.68. The number of ether oxygens (including phenoxy) is 2. The van der Waals surface area contributed by atoms with E-state index in [0.29, 0.717) is 18.6 Å². The Hall–Kier alpha value is 0.170. The molecule has 0 rings (SSSR count). The van der Waals surface area contributed by atoms with E-state index < -0.39 is 0 Å². The number of alkyl halides is 1. The van der Waals surface area contributed by atoms with Crippen LogP contribution in [0.1, 0.15) is 26.2 Å². The Balaban J connectivity index is 2.92. The number of nitrogens with one attached hydrogen (secondary N) is 1. The largest absolute Gasteiger partial charge is 0.382 e. The van der Waals surface area contributed by atoms with Gasteiger partial charge in [-0.15, -0.1) is 11.6 Å². The normalized spacial score (nSPS) is 13.0. The molecule has 4 heteroatoms. The van der Waals surface area contributed by atoms with Crippen molar-refractivity contribution in [1.29, 1.82) is 0 Å². The van der Waals surface area contributed by atoms with Crippen molar-refractivity contribution in [2.45, 2.75) is 31.6 Å². The molecule has 0 amide bonds. The highest BCUT2D eigenvalue weighted by molar-refractivity contribution is 6.20. The van der Waals surface area contributed by atoms with Gasteiger partial charge in [0.25, 0.3) is 0 Å². The molecule has 0 aromatic heterocycles. The molecule has 0 aromatic carbocycles. The molecule has 0 heterocycles. The van der Waals surface area contributed by atoms with Gasteiger partial charge in [-0.2, -0.15) is 0 Å². The Morgan fingerprint density at radius 3 is 2.67 bits per heavy atom. The number of hydrogen-bond donors (Lipinski definition) is 1. The zero-order chi connectivity index (χ0) is 11.4. The Bertz CT molecular complexity index is 125. The van der Waals surface area contributed by atoms with Crippen LogP contribution in [0.15, 0.2) is 0 Å². The molecule has 15 heavy (non-hydrogen) atoms. The topological polar surface area (TPSA) is 30.5 Å². The van der Waals surface area contributed by atoms with E-state index in [9.17, 15) is 0 Å². The average molecular weight is 238 g/mol. The molecule has 1 atom stereocenters. The molecule has 1 N–H and O–H groups in total. The van der Waals surface area contributed by atoms with Crippen LogP contribution >= 0.6 is 11.6 Å². The highest BCUT2D eigenvalue weighted by atomic mass is 35.5. The fourth-order valence-electron chi connectivity index (χ4n) is 1.13. The zero-order valence-corrected chi connectivity index (χ0v) is 10.7. The number of hydrogen-bond acceptors (Lipinski definition) is 3. The smallest absolute Gasteiger partial charge is 0.0700 e. The van der Waals surface area contributed by atoms with Crippen molar-refractivity contribution in [3.05, 3.63) is 0 Å². The molecule has 0 aliphatic carbocycles. The second-order valence-corrected chi connectivity index (χ2v) is 4.12. The van der Waals surface area contributed by atoms with Crippen LogP contribution in [0.2, 0.25) is 0 Å². The lowest BCUT2D eigenvalue weighted by molar-refractivity contribution is 0.0695.